The first-order chi connectivity index (χ1) is 12.0. The summed E-state index contributed by atoms with van der Waals surface area (Å²) < 4.78 is 5.57. The van der Waals surface area contributed by atoms with Gasteiger partial charge in [0.15, 0.2) is 0 Å². The van der Waals surface area contributed by atoms with Gasteiger partial charge in [0.1, 0.15) is 6.10 Å². The molecule has 1 unspecified atom stereocenters. The van der Waals surface area contributed by atoms with E-state index < -0.39 is 6.10 Å². The van der Waals surface area contributed by atoms with E-state index in [2.05, 4.69) is 6.92 Å². The van der Waals surface area contributed by atoms with E-state index in [1.807, 2.05) is 26.0 Å². The van der Waals surface area contributed by atoms with Crippen LogP contribution in [0.25, 0.3) is 0 Å². The number of carbonyl (C=O) groups excluding carboxylic acids is 2. The molecular weight excluding hydrogens is 318 g/mol. The Balaban J connectivity index is 2.69. The zero-order chi connectivity index (χ0) is 18.7. The summed E-state index contributed by atoms with van der Waals surface area (Å²) in [5.41, 5.74) is 1.71. The molecule has 0 saturated carbocycles. The van der Waals surface area contributed by atoms with Gasteiger partial charge in [-0.15, -0.1) is 0 Å². The topological polar surface area (TPSA) is 66.8 Å². The zero-order valence-corrected chi connectivity index (χ0v) is 15.7. The third-order valence-corrected chi connectivity index (χ3v) is 4.12. The molecule has 1 N–H and O–H groups in total. The van der Waals surface area contributed by atoms with E-state index in [0.717, 1.165) is 19.3 Å². The molecule has 0 fully saturated rings. The molecule has 0 radical (unpaired) electrons. The van der Waals surface area contributed by atoms with Crippen molar-refractivity contribution < 1.29 is 19.4 Å². The molecule has 1 rings (SSSR count). The number of benzene rings is 1. The van der Waals surface area contributed by atoms with Crippen LogP contribution in [0.4, 0.5) is 0 Å². The van der Waals surface area contributed by atoms with Crippen molar-refractivity contribution in [2.24, 2.45) is 0 Å². The van der Waals surface area contributed by atoms with Crippen LogP contribution < -0.4 is 0 Å². The number of carbonyl (C=O) groups is 2. The quantitative estimate of drug-likeness (QED) is 0.623. The molecule has 1 aromatic carbocycles. The number of hydrogen-bond donors (Lipinski definition) is 1. The second kappa shape index (κ2) is 11.6. The Morgan fingerprint density at radius 3 is 2.32 bits per heavy atom. The second-order valence-electron chi connectivity index (χ2n) is 6.16. The summed E-state index contributed by atoms with van der Waals surface area (Å²) in [5, 5.41) is 9.03. The molecule has 5 nitrogen and oxygen atoms in total. The van der Waals surface area contributed by atoms with Crippen LogP contribution in [0, 0.1) is 0 Å². The van der Waals surface area contributed by atoms with Gasteiger partial charge in [-0.05, 0) is 37.5 Å². The number of rotatable bonds is 11. The van der Waals surface area contributed by atoms with E-state index in [1.54, 1.807) is 17.0 Å². The maximum atomic E-state index is 12.4. The lowest BCUT2D eigenvalue weighted by Crippen LogP contribution is -2.36. The van der Waals surface area contributed by atoms with Crippen molar-refractivity contribution in [3.05, 3.63) is 35.4 Å². The van der Waals surface area contributed by atoms with Gasteiger partial charge < -0.3 is 14.7 Å². The fourth-order valence-corrected chi connectivity index (χ4v) is 2.74. The average molecular weight is 349 g/mol. The Labute approximate surface area is 151 Å². The van der Waals surface area contributed by atoms with E-state index in [0.29, 0.717) is 25.1 Å². The van der Waals surface area contributed by atoms with Gasteiger partial charge in [0.2, 0.25) is 5.91 Å². The number of likely N-dealkylation sites (N-methyl/N-ethyl adjacent to an activating group) is 1. The number of aryl methyl sites for hydroxylation is 1. The van der Waals surface area contributed by atoms with Crippen LogP contribution in [0.5, 0.6) is 0 Å². The smallest absolute Gasteiger partial charge is 0.338 e. The number of esters is 1. The summed E-state index contributed by atoms with van der Waals surface area (Å²) >= 11 is 0. The first kappa shape index (κ1) is 21.2. The summed E-state index contributed by atoms with van der Waals surface area (Å²) in [6, 6.07) is 7.45. The van der Waals surface area contributed by atoms with Crippen LogP contribution in [-0.4, -0.2) is 47.7 Å². The maximum absolute atomic E-state index is 12.4. The first-order valence-corrected chi connectivity index (χ1v) is 9.24. The SMILES string of the molecule is CCCc1ccc(C(=O)OC(CCC)CC(=O)N(CC)CCO)cc1. The Bertz CT molecular complexity index is 527. The van der Waals surface area contributed by atoms with Crippen LogP contribution in [-0.2, 0) is 16.0 Å². The standard InChI is InChI=1S/C20H31NO4/c1-4-7-16-9-11-17(12-10-16)20(24)25-18(8-5-2)15-19(23)21(6-3)13-14-22/h9-12,18,22H,4-8,13-15H2,1-3H3. The second-order valence-corrected chi connectivity index (χ2v) is 6.16. The molecule has 0 spiro atoms. The lowest BCUT2D eigenvalue weighted by atomic mass is 10.1. The normalized spacial score (nSPS) is 11.8. The van der Waals surface area contributed by atoms with E-state index in [1.165, 1.54) is 5.56 Å². The number of amides is 1. The molecule has 25 heavy (non-hydrogen) atoms. The summed E-state index contributed by atoms with van der Waals surface area (Å²) in [5.74, 6) is -0.486. The number of nitrogens with zero attached hydrogens (tertiary/aromatic N) is 1. The highest BCUT2D eigenvalue weighted by atomic mass is 16.5. The Morgan fingerprint density at radius 1 is 1.12 bits per heavy atom. The zero-order valence-electron chi connectivity index (χ0n) is 15.7. The minimum atomic E-state index is -0.437. The molecule has 1 atom stereocenters. The van der Waals surface area contributed by atoms with Crippen LogP contribution >= 0.6 is 0 Å². The van der Waals surface area contributed by atoms with Gasteiger partial charge in [-0.2, -0.15) is 0 Å². The van der Waals surface area contributed by atoms with E-state index in [9.17, 15) is 9.59 Å². The van der Waals surface area contributed by atoms with Crippen LogP contribution in [0.15, 0.2) is 24.3 Å². The Kier molecular flexibility index (Phi) is 9.85. The van der Waals surface area contributed by atoms with Crippen molar-refractivity contribution in [2.45, 2.75) is 59.0 Å². The molecule has 5 heteroatoms. The lowest BCUT2D eigenvalue weighted by Gasteiger charge is -2.23. The van der Waals surface area contributed by atoms with Gasteiger partial charge in [-0.1, -0.05) is 38.8 Å². The number of hydrogen-bond acceptors (Lipinski definition) is 4. The Morgan fingerprint density at radius 2 is 1.80 bits per heavy atom. The molecule has 0 saturated heterocycles. The molecule has 0 aliphatic carbocycles. The van der Waals surface area contributed by atoms with Crippen molar-refractivity contribution in [3.63, 3.8) is 0 Å². The van der Waals surface area contributed by atoms with Crippen molar-refractivity contribution in [3.8, 4) is 0 Å². The number of ether oxygens (including phenoxy) is 1. The van der Waals surface area contributed by atoms with Gasteiger partial charge in [0.05, 0.1) is 18.6 Å². The van der Waals surface area contributed by atoms with Crippen LogP contribution in [0.1, 0.15) is 62.4 Å². The maximum Gasteiger partial charge on any atom is 0.338 e. The molecule has 0 aliphatic heterocycles. The summed E-state index contributed by atoms with van der Waals surface area (Å²) in [6.07, 6.45) is 3.23. The third-order valence-electron chi connectivity index (χ3n) is 4.12. The highest BCUT2D eigenvalue weighted by Gasteiger charge is 2.21. The van der Waals surface area contributed by atoms with Gasteiger partial charge in [0.25, 0.3) is 0 Å². The average Bonchev–Trinajstić information content (AvgIpc) is 2.60. The minimum absolute atomic E-state index is 0.0675. The van der Waals surface area contributed by atoms with Crippen molar-refractivity contribution in [1.29, 1.82) is 0 Å². The van der Waals surface area contributed by atoms with Crippen LogP contribution in [0.2, 0.25) is 0 Å². The molecule has 1 aromatic rings. The highest BCUT2D eigenvalue weighted by molar-refractivity contribution is 5.89. The third kappa shape index (κ3) is 7.26. The molecule has 0 heterocycles. The molecule has 0 aromatic heterocycles. The van der Waals surface area contributed by atoms with Gasteiger partial charge in [-0.3, -0.25) is 4.79 Å². The largest absolute Gasteiger partial charge is 0.458 e. The predicted molar refractivity (Wildman–Crippen MR) is 98.5 cm³/mol. The first-order valence-electron chi connectivity index (χ1n) is 9.24. The number of aliphatic hydroxyl groups excluding tert-OH is 1. The fourth-order valence-electron chi connectivity index (χ4n) is 2.74. The molecule has 140 valence electrons. The van der Waals surface area contributed by atoms with Crippen molar-refractivity contribution in [1.82, 2.24) is 4.90 Å². The summed E-state index contributed by atoms with van der Waals surface area (Å²) in [7, 11) is 0. The number of aliphatic hydroxyl groups is 1. The van der Waals surface area contributed by atoms with Crippen molar-refractivity contribution in [2.75, 3.05) is 19.7 Å². The van der Waals surface area contributed by atoms with Crippen LogP contribution in [0.3, 0.4) is 0 Å². The fraction of sp³-hybridized carbons (Fsp3) is 0.600. The highest BCUT2D eigenvalue weighted by Crippen LogP contribution is 2.14. The van der Waals surface area contributed by atoms with E-state index in [4.69, 9.17) is 9.84 Å². The molecular formula is C20H31NO4. The van der Waals surface area contributed by atoms with E-state index >= 15 is 0 Å². The molecule has 1 amide bonds. The predicted octanol–water partition coefficient (Wildman–Crippen LogP) is 3.20. The summed E-state index contributed by atoms with van der Waals surface area (Å²) in [6.45, 7) is 6.75. The van der Waals surface area contributed by atoms with Gasteiger partial charge in [0, 0.05) is 13.1 Å². The summed E-state index contributed by atoms with van der Waals surface area (Å²) in [4.78, 5) is 26.2. The molecule has 0 aliphatic rings. The van der Waals surface area contributed by atoms with Gasteiger partial charge >= 0.3 is 5.97 Å². The van der Waals surface area contributed by atoms with E-state index in [-0.39, 0.29) is 24.9 Å². The Hall–Kier alpha value is -1.88. The molecule has 0 bridgehead atoms. The lowest BCUT2D eigenvalue weighted by molar-refractivity contribution is -0.133. The van der Waals surface area contributed by atoms with Gasteiger partial charge in [-0.25, -0.2) is 4.79 Å². The van der Waals surface area contributed by atoms with Crippen molar-refractivity contribution >= 4 is 11.9 Å². The minimum Gasteiger partial charge on any atom is -0.458 e. The monoisotopic (exact) mass is 349 g/mol.